The highest BCUT2D eigenvalue weighted by Crippen LogP contribution is 2.19. The number of rotatable bonds is 4. The number of aromatic nitrogens is 2. The van der Waals surface area contributed by atoms with Gasteiger partial charge in [0, 0.05) is 5.56 Å². The van der Waals surface area contributed by atoms with Gasteiger partial charge in [0.15, 0.2) is 4.77 Å². The minimum atomic E-state index is -0.465. The summed E-state index contributed by atoms with van der Waals surface area (Å²) in [6.07, 6.45) is 0. The van der Waals surface area contributed by atoms with Gasteiger partial charge in [-0.3, -0.25) is 14.2 Å². The van der Waals surface area contributed by atoms with Crippen LogP contribution >= 0.6 is 12.2 Å². The van der Waals surface area contributed by atoms with Crippen molar-refractivity contribution in [3.05, 3.63) is 68.2 Å². The molecule has 1 aromatic heterocycles. The first-order valence-electron chi connectivity index (χ1n) is 8.78. The molecule has 0 saturated heterocycles. The first kappa shape index (κ1) is 20.0. The number of fused-ring (bicyclic) bond motifs is 1. The van der Waals surface area contributed by atoms with E-state index in [9.17, 15) is 9.59 Å². The first-order valence-corrected chi connectivity index (χ1v) is 9.18. The van der Waals surface area contributed by atoms with E-state index in [1.54, 1.807) is 6.07 Å². The number of aromatic amines is 1. The lowest BCUT2D eigenvalue weighted by Gasteiger charge is -2.16. The molecule has 3 aromatic rings. The van der Waals surface area contributed by atoms with Crippen molar-refractivity contribution in [2.45, 2.75) is 13.8 Å². The van der Waals surface area contributed by atoms with Crippen LogP contribution in [-0.4, -0.2) is 33.4 Å². The third-order valence-corrected chi connectivity index (χ3v) is 5.06. The Balaban J connectivity index is 2.16. The van der Waals surface area contributed by atoms with Crippen molar-refractivity contribution < 1.29 is 4.79 Å². The quantitative estimate of drug-likeness (QED) is 0.532. The molecule has 2 aromatic carbocycles. The number of nitriles is 2. The summed E-state index contributed by atoms with van der Waals surface area (Å²) in [7, 11) is 0. The van der Waals surface area contributed by atoms with E-state index in [4.69, 9.17) is 22.7 Å². The summed E-state index contributed by atoms with van der Waals surface area (Å²) < 4.78 is 1.66. The molecule has 0 atom stereocenters. The molecule has 0 aliphatic carbocycles. The van der Waals surface area contributed by atoms with Gasteiger partial charge < -0.3 is 9.88 Å². The van der Waals surface area contributed by atoms with E-state index in [0.717, 1.165) is 16.0 Å². The van der Waals surface area contributed by atoms with Crippen molar-refractivity contribution in [3.63, 3.8) is 0 Å². The second kappa shape index (κ2) is 8.09. The number of hydrogen-bond donors (Lipinski definition) is 1. The van der Waals surface area contributed by atoms with Crippen molar-refractivity contribution in [2.24, 2.45) is 0 Å². The number of amides is 1. The summed E-state index contributed by atoms with van der Waals surface area (Å²) in [6, 6.07) is 14.0. The number of H-pyrrole nitrogens is 1. The zero-order chi connectivity index (χ0) is 21.1. The predicted molar refractivity (Wildman–Crippen MR) is 111 cm³/mol. The lowest BCUT2D eigenvalue weighted by molar-refractivity contribution is 0.0795. The molecule has 0 aliphatic heterocycles. The van der Waals surface area contributed by atoms with Crippen LogP contribution in [0.5, 0.6) is 0 Å². The predicted octanol–water partition coefficient (Wildman–Crippen LogP) is 3.15. The fraction of sp³-hybridized carbons (Fsp3) is 0.190. The molecule has 7 nitrogen and oxygen atoms in total. The Morgan fingerprint density at radius 2 is 1.86 bits per heavy atom. The molecule has 0 bridgehead atoms. The van der Waals surface area contributed by atoms with Gasteiger partial charge in [0.1, 0.15) is 13.1 Å². The van der Waals surface area contributed by atoms with Crippen molar-refractivity contribution in [1.82, 2.24) is 14.5 Å². The summed E-state index contributed by atoms with van der Waals surface area (Å²) in [6.45, 7) is 3.49. The SMILES string of the molecule is Cc1cccc(-n2c(=S)[nH]c3cc(C(=O)N(CC#N)CC#N)ccc3c2=O)c1C. The minimum Gasteiger partial charge on any atom is -0.331 e. The average molecular weight is 403 g/mol. The van der Waals surface area contributed by atoms with Gasteiger partial charge in [0.05, 0.1) is 28.7 Å². The van der Waals surface area contributed by atoms with Gasteiger partial charge >= 0.3 is 0 Å². The molecule has 0 spiro atoms. The smallest absolute Gasteiger partial charge is 0.266 e. The summed E-state index contributed by atoms with van der Waals surface area (Å²) >= 11 is 5.42. The number of carbonyl (C=O) groups is 1. The van der Waals surface area contributed by atoms with Gasteiger partial charge in [-0.15, -0.1) is 0 Å². The zero-order valence-corrected chi connectivity index (χ0v) is 16.7. The molecule has 3 rings (SSSR count). The van der Waals surface area contributed by atoms with Crippen LogP contribution < -0.4 is 5.56 Å². The van der Waals surface area contributed by atoms with E-state index in [1.807, 2.05) is 44.2 Å². The minimum absolute atomic E-state index is 0.200. The van der Waals surface area contributed by atoms with E-state index in [-0.39, 0.29) is 29.0 Å². The summed E-state index contributed by atoms with van der Waals surface area (Å²) in [5.74, 6) is -0.465. The maximum atomic E-state index is 13.1. The van der Waals surface area contributed by atoms with Crippen molar-refractivity contribution in [3.8, 4) is 17.8 Å². The molecule has 144 valence electrons. The number of aryl methyl sites for hydroxylation is 1. The fourth-order valence-electron chi connectivity index (χ4n) is 3.10. The molecular formula is C21H17N5O2S. The van der Waals surface area contributed by atoms with E-state index in [0.29, 0.717) is 16.6 Å². The molecule has 0 unspecified atom stereocenters. The Hall–Kier alpha value is -3.75. The van der Waals surface area contributed by atoms with Crippen LogP contribution in [0.2, 0.25) is 0 Å². The van der Waals surface area contributed by atoms with Crippen LogP contribution in [0.15, 0.2) is 41.2 Å². The molecule has 0 fully saturated rings. The summed E-state index contributed by atoms with van der Waals surface area (Å²) in [4.78, 5) is 29.9. The molecule has 0 aliphatic rings. The molecule has 8 heteroatoms. The second-order valence-corrected chi connectivity index (χ2v) is 6.91. The largest absolute Gasteiger partial charge is 0.331 e. The van der Waals surface area contributed by atoms with E-state index in [1.165, 1.54) is 16.7 Å². The number of benzene rings is 2. The Kier molecular flexibility index (Phi) is 5.58. The van der Waals surface area contributed by atoms with Crippen LogP contribution in [0.3, 0.4) is 0 Å². The van der Waals surface area contributed by atoms with Crippen LogP contribution in [0.4, 0.5) is 0 Å². The average Bonchev–Trinajstić information content (AvgIpc) is 2.70. The van der Waals surface area contributed by atoms with Gasteiger partial charge in [-0.2, -0.15) is 10.5 Å². The Morgan fingerprint density at radius 3 is 2.52 bits per heavy atom. The Labute approximate surface area is 172 Å². The van der Waals surface area contributed by atoms with Crippen LogP contribution in [-0.2, 0) is 0 Å². The van der Waals surface area contributed by atoms with Gasteiger partial charge in [0.2, 0.25) is 0 Å². The first-order chi connectivity index (χ1) is 13.9. The molecule has 0 radical (unpaired) electrons. The van der Waals surface area contributed by atoms with Gasteiger partial charge in [-0.1, -0.05) is 12.1 Å². The highest BCUT2D eigenvalue weighted by Gasteiger charge is 2.17. The standard InChI is InChI=1S/C21H17N5O2S/c1-13-4-3-5-18(14(13)2)26-20(28)16-7-6-15(12-17(16)24-21(26)29)19(27)25(10-8-22)11-9-23/h3-7,12H,10-11H2,1-2H3,(H,24,29). The number of nitrogens with one attached hydrogen (secondary N) is 1. The third-order valence-electron chi connectivity index (χ3n) is 4.77. The lowest BCUT2D eigenvalue weighted by Crippen LogP contribution is -2.31. The lowest BCUT2D eigenvalue weighted by atomic mass is 10.1. The number of carbonyl (C=O) groups excluding carboxylic acids is 1. The molecule has 1 amide bonds. The highest BCUT2D eigenvalue weighted by atomic mass is 32.1. The molecule has 0 saturated carbocycles. The molecular weight excluding hydrogens is 386 g/mol. The third kappa shape index (κ3) is 3.66. The maximum absolute atomic E-state index is 13.1. The maximum Gasteiger partial charge on any atom is 0.266 e. The van der Waals surface area contributed by atoms with Gasteiger partial charge in [-0.25, -0.2) is 0 Å². The van der Waals surface area contributed by atoms with Gasteiger partial charge in [-0.05, 0) is 61.5 Å². The van der Waals surface area contributed by atoms with E-state index >= 15 is 0 Å². The Bertz CT molecular complexity index is 1310. The van der Waals surface area contributed by atoms with E-state index in [2.05, 4.69) is 4.98 Å². The fourth-order valence-corrected chi connectivity index (χ4v) is 3.39. The second-order valence-electron chi connectivity index (χ2n) is 6.53. The monoisotopic (exact) mass is 403 g/mol. The van der Waals surface area contributed by atoms with Crippen LogP contribution in [0.1, 0.15) is 21.5 Å². The van der Waals surface area contributed by atoms with Crippen LogP contribution in [0, 0.1) is 41.3 Å². The summed E-state index contributed by atoms with van der Waals surface area (Å²) in [5, 5.41) is 18.1. The topological polar surface area (TPSA) is 106 Å². The Morgan fingerprint density at radius 1 is 1.17 bits per heavy atom. The normalized spacial score (nSPS) is 10.3. The van der Waals surface area contributed by atoms with Crippen molar-refractivity contribution in [2.75, 3.05) is 13.1 Å². The van der Waals surface area contributed by atoms with Gasteiger partial charge in [0.25, 0.3) is 11.5 Å². The van der Waals surface area contributed by atoms with Crippen molar-refractivity contribution in [1.29, 1.82) is 10.5 Å². The summed E-state index contributed by atoms with van der Waals surface area (Å²) in [5.41, 5.74) is 3.08. The number of nitrogens with zero attached hydrogens (tertiary/aromatic N) is 4. The van der Waals surface area contributed by atoms with E-state index < -0.39 is 5.91 Å². The molecule has 1 heterocycles. The molecule has 1 N–H and O–H groups in total. The van der Waals surface area contributed by atoms with Crippen LogP contribution in [0.25, 0.3) is 16.6 Å². The zero-order valence-electron chi connectivity index (χ0n) is 15.9. The number of hydrogen-bond acceptors (Lipinski definition) is 5. The van der Waals surface area contributed by atoms with Crippen molar-refractivity contribution >= 4 is 29.0 Å². The molecule has 29 heavy (non-hydrogen) atoms. The highest BCUT2D eigenvalue weighted by molar-refractivity contribution is 7.71.